The molecule has 10 heavy (non-hydrogen) atoms. The highest BCUT2D eigenvalue weighted by atomic mass is 79.9. The maximum atomic E-state index is 3.52. The molecule has 0 bridgehead atoms. The van der Waals surface area contributed by atoms with Gasteiger partial charge < -0.3 is 5.32 Å². The van der Waals surface area contributed by atoms with E-state index in [1.165, 1.54) is 12.8 Å². The van der Waals surface area contributed by atoms with E-state index >= 15 is 0 Å². The molecule has 0 aliphatic heterocycles. The number of hydrogen-bond donors (Lipinski definition) is 1. The van der Waals surface area contributed by atoms with Crippen molar-refractivity contribution in [2.75, 3.05) is 5.33 Å². The minimum atomic E-state index is 0.602. The molecular weight excluding hydrogens is 190 g/mol. The Labute approximate surface area is 72.7 Å². The molecule has 0 aromatic rings. The summed E-state index contributed by atoms with van der Waals surface area (Å²) in [5.41, 5.74) is 0. The third kappa shape index (κ3) is 4.29. The Bertz CT molecular complexity index is 71.7. The normalized spacial score (nSPS) is 14.1. The minimum Gasteiger partial charge on any atom is -0.311 e. The summed E-state index contributed by atoms with van der Waals surface area (Å²) >= 11 is 3.44. The topological polar surface area (TPSA) is 12.0 Å². The van der Waals surface area contributed by atoms with Gasteiger partial charge in [0.1, 0.15) is 0 Å². The molecule has 0 fully saturated rings. The van der Waals surface area contributed by atoms with E-state index in [2.05, 4.69) is 42.0 Å². The van der Waals surface area contributed by atoms with E-state index in [4.69, 9.17) is 0 Å². The molecule has 0 amide bonds. The molecule has 0 saturated heterocycles. The first kappa shape index (κ1) is 10.4. The van der Waals surface area contributed by atoms with E-state index in [1.54, 1.807) is 0 Å². The van der Waals surface area contributed by atoms with Crippen molar-refractivity contribution in [2.24, 2.45) is 0 Å². The Hall–Kier alpha value is 0.440. The predicted molar refractivity (Wildman–Crippen MR) is 50.8 cm³/mol. The van der Waals surface area contributed by atoms with Crippen LogP contribution in [-0.2, 0) is 0 Å². The summed E-state index contributed by atoms with van der Waals surface area (Å²) in [5.74, 6) is 0. The zero-order valence-electron chi connectivity index (χ0n) is 7.15. The zero-order chi connectivity index (χ0) is 7.98. The third-order valence-corrected chi connectivity index (χ3v) is 2.71. The van der Waals surface area contributed by atoms with Crippen molar-refractivity contribution < 1.29 is 0 Å². The molecule has 1 atom stereocenters. The first-order valence-corrected chi connectivity index (χ1v) is 5.18. The lowest BCUT2D eigenvalue weighted by molar-refractivity contribution is 0.445. The van der Waals surface area contributed by atoms with Crippen molar-refractivity contribution in [3.05, 3.63) is 0 Å². The van der Waals surface area contributed by atoms with Gasteiger partial charge in [-0.1, -0.05) is 29.8 Å². The van der Waals surface area contributed by atoms with Gasteiger partial charge in [-0.3, -0.25) is 0 Å². The SMILES string of the molecule is CCC(CC)NC(C)CBr. The van der Waals surface area contributed by atoms with Gasteiger partial charge in [-0.2, -0.15) is 0 Å². The molecule has 2 heteroatoms. The van der Waals surface area contributed by atoms with Gasteiger partial charge in [0.2, 0.25) is 0 Å². The van der Waals surface area contributed by atoms with Crippen molar-refractivity contribution in [3.8, 4) is 0 Å². The zero-order valence-corrected chi connectivity index (χ0v) is 8.74. The first-order chi connectivity index (χ1) is 4.74. The molecular formula is C8H18BrN. The lowest BCUT2D eigenvalue weighted by atomic mass is 10.1. The summed E-state index contributed by atoms with van der Waals surface area (Å²) in [6, 6.07) is 1.30. The average Bonchev–Trinajstić information content (AvgIpc) is 1.99. The highest BCUT2D eigenvalue weighted by Crippen LogP contribution is 1.99. The summed E-state index contributed by atoms with van der Waals surface area (Å²) in [5, 5.41) is 4.56. The fourth-order valence-electron chi connectivity index (χ4n) is 0.971. The van der Waals surface area contributed by atoms with Gasteiger partial charge >= 0.3 is 0 Å². The molecule has 0 heterocycles. The fraction of sp³-hybridized carbons (Fsp3) is 1.00. The Morgan fingerprint density at radius 3 is 2.10 bits per heavy atom. The Morgan fingerprint density at radius 1 is 1.30 bits per heavy atom. The molecule has 0 spiro atoms. The van der Waals surface area contributed by atoms with Gasteiger partial charge in [-0.25, -0.2) is 0 Å². The van der Waals surface area contributed by atoms with E-state index in [9.17, 15) is 0 Å². The van der Waals surface area contributed by atoms with Crippen LogP contribution in [0.1, 0.15) is 33.6 Å². The van der Waals surface area contributed by atoms with E-state index in [0.717, 1.165) is 5.33 Å². The quantitative estimate of drug-likeness (QED) is 0.684. The van der Waals surface area contributed by atoms with Crippen LogP contribution in [0.25, 0.3) is 0 Å². The monoisotopic (exact) mass is 207 g/mol. The van der Waals surface area contributed by atoms with Gasteiger partial charge in [-0.05, 0) is 19.8 Å². The second-order valence-electron chi connectivity index (χ2n) is 2.74. The van der Waals surface area contributed by atoms with Crippen LogP contribution in [0.5, 0.6) is 0 Å². The van der Waals surface area contributed by atoms with Gasteiger partial charge in [0.05, 0.1) is 0 Å². The minimum absolute atomic E-state index is 0.602. The van der Waals surface area contributed by atoms with Crippen LogP contribution >= 0.6 is 15.9 Å². The van der Waals surface area contributed by atoms with E-state index in [-0.39, 0.29) is 0 Å². The molecule has 0 rings (SSSR count). The molecule has 0 aromatic carbocycles. The number of alkyl halides is 1. The smallest absolute Gasteiger partial charge is 0.0183 e. The Morgan fingerprint density at radius 2 is 1.80 bits per heavy atom. The summed E-state index contributed by atoms with van der Waals surface area (Å²) in [4.78, 5) is 0. The number of rotatable bonds is 5. The van der Waals surface area contributed by atoms with Crippen LogP contribution in [0.4, 0.5) is 0 Å². The standard InChI is InChI=1S/C8H18BrN/c1-4-8(5-2)10-7(3)6-9/h7-8,10H,4-6H2,1-3H3. The molecule has 0 radical (unpaired) electrons. The lowest BCUT2D eigenvalue weighted by Crippen LogP contribution is -2.36. The summed E-state index contributed by atoms with van der Waals surface area (Å²) in [6.45, 7) is 6.65. The highest BCUT2D eigenvalue weighted by molar-refractivity contribution is 9.09. The maximum absolute atomic E-state index is 3.52. The largest absolute Gasteiger partial charge is 0.311 e. The van der Waals surface area contributed by atoms with Crippen LogP contribution in [-0.4, -0.2) is 17.4 Å². The van der Waals surface area contributed by atoms with Crippen molar-refractivity contribution in [3.63, 3.8) is 0 Å². The maximum Gasteiger partial charge on any atom is 0.0183 e. The third-order valence-electron chi connectivity index (χ3n) is 1.74. The van der Waals surface area contributed by atoms with Gasteiger partial charge in [0, 0.05) is 17.4 Å². The van der Waals surface area contributed by atoms with Crippen molar-refractivity contribution in [1.29, 1.82) is 0 Å². The predicted octanol–water partition coefficient (Wildman–Crippen LogP) is 2.55. The Kier molecular flexibility index (Phi) is 6.44. The highest BCUT2D eigenvalue weighted by Gasteiger charge is 2.05. The summed E-state index contributed by atoms with van der Waals surface area (Å²) in [6.07, 6.45) is 2.46. The summed E-state index contributed by atoms with van der Waals surface area (Å²) in [7, 11) is 0. The van der Waals surface area contributed by atoms with Gasteiger partial charge in [-0.15, -0.1) is 0 Å². The van der Waals surface area contributed by atoms with E-state index in [0.29, 0.717) is 12.1 Å². The van der Waals surface area contributed by atoms with Crippen LogP contribution < -0.4 is 5.32 Å². The summed E-state index contributed by atoms with van der Waals surface area (Å²) < 4.78 is 0. The van der Waals surface area contributed by atoms with Crippen LogP contribution in [0, 0.1) is 0 Å². The molecule has 1 N–H and O–H groups in total. The molecule has 0 aliphatic carbocycles. The molecule has 0 aromatic heterocycles. The molecule has 1 unspecified atom stereocenters. The van der Waals surface area contributed by atoms with Crippen molar-refractivity contribution in [1.82, 2.24) is 5.32 Å². The fourth-order valence-corrected chi connectivity index (χ4v) is 1.16. The van der Waals surface area contributed by atoms with Crippen LogP contribution in [0.2, 0.25) is 0 Å². The van der Waals surface area contributed by atoms with Gasteiger partial charge in [0.25, 0.3) is 0 Å². The van der Waals surface area contributed by atoms with Crippen LogP contribution in [0.15, 0.2) is 0 Å². The van der Waals surface area contributed by atoms with E-state index < -0.39 is 0 Å². The molecule has 1 nitrogen and oxygen atoms in total. The van der Waals surface area contributed by atoms with Gasteiger partial charge in [0.15, 0.2) is 0 Å². The van der Waals surface area contributed by atoms with Crippen molar-refractivity contribution >= 4 is 15.9 Å². The second-order valence-corrected chi connectivity index (χ2v) is 3.38. The van der Waals surface area contributed by atoms with E-state index in [1.807, 2.05) is 0 Å². The van der Waals surface area contributed by atoms with Crippen molar-refractivity contribution in [2.45, 2.75) is 45.7 Å². The lowest BCUT2D eigenvalue weighted by Gasteiger charge is -2.18. The second kappa shape index (κ2) is 6.17. The number of halogens is 1. The molecule has 0 aliphatic rings. The number of nitrogens with one attached hydrogen (secondary N) is 1. The first-order valence-electron chi connectivity index (χ1n) is 4.06. The molecule has 62 valence electrons. The molecule has 0 saturated carbocycles. The number of hydrogen-bond acceptors (Lipinski definition) is 1. The van der Waals surface area contributed by atoms with Crippen LogP contribution in [0.3, 0.4) is 0 Å². The Balaban J connectivity index is 3.41. The average molecular weight is 208 g/mol.